The van der Waals surface area contributed by atoms with E-state index in [2.05, 4.69) is 12.3 Å². The van der Waals surface area contributed by atoms with Gasteiger partial charge in [0.1, 0.15) is 11.6 Å². The van der Waals surface area contributed by atoms with Gasteiger partial charge in [-0.1, -0.05) is 25.8 Å². The van der Waals surface area contributed by atoms with Crippen molar-refractivity contribution in [3.63, 3.8) is 0 Å². The number of hydrazine groups is 1. The number of nitrogens with two attached hydrogens (primary N) is 1. The summed E-state index contributed by atoms with van der Waals surface area (Å²) in [6.07, 6.45) is 4.05. The molecule has 1 aromatic rings. The van der Waals surface area contributed by atoms with E-state index in [1.54, 1.807) is 7.11 Å². The largest absolute Gasteiger partial charge is 0.377 e. The van der Waals surface area contributed by atoms with Gasteiger partial charge in [0.2, 0.25) is 0 Å². The molecule has 3 N–H and O–H groups in total. The monoisotopic (exact) mass is 298 g/mol. The lowest BCUT2D eigenvalue weighted by molar-refractivity contribution is -0.0793. The van der Waals surface area contributed by atoms with Gasteiger partial charge in [-0.25, -0.2) is 8.78 Å². The van der Waals surface area contributed by atoms with Crippen molar-refractivity contribution >= 4 is 0 Å². The molecule has 1 aliphatic carbocycles. The molecule has 0 saturated heterocycles. The van der Waals surface area contributed by atoms with Crippen LogP contribution in [-0.4, -0.2) is 18.8 Å². The molecular formula is C16H24F2N2O. The fourth-order valence-corrected chi connectivity index (χ4v) is 3.52. The Morgan fingerprint density at radius 1 is 1.43 bits per heavy atom. The standard InChI is InChI=1S/C16H24F2N2O/c1-11-5-4-8-16(10-11,21-2)15(20-19)9-12-13(17)6-3-7-14(12)18/h3,6-7,11,15,20H,4-5,8-10,19H2,1-2H3. The molecule has 2 rings (SSSR count). The molecule has 1 fully saturated rings. The van der Waals surface area contributed by atoms with E-state index >= 15 is 0 Å². The lowest BCUT2D eigenvalue weighted by Crippen LogP contribution is -2.57. The fraction of sp³-hybridized carbons (Fsp3) is 0.625. The summed E-state index contributed by atoms with van der Waals surface area (Å²) in [6, 6.07) is 3.59. The molecule has 0 bridgehead atoms. The Labute approximate surface area is 124 Å². The Balaban J connectivity index is 2.26. The second-order valence-electron chi connectivity index (χ2n) is 6.09. The molecule has 0 amide bonds. The molecule has 21 heavy (non-hydrogen) atoms. The van der Waals surface area contributed by atoms with Crippen LogP contribution in [0.1, 0.15) is 38.2 Å². The van der Waals surface area contributed by atoms with Crippen molar-refractivity contribution < 1.29 is 13.5 Å². The molecule has 3 unspecified atom stereocenters. The third kappa shape index (κ3) is 3.42. The third-order valence-electron chi connectivity index (χ3n) is 4.70. The smallest absolute Gasteiger partial charge is 0.129 e. The van der Waals surface area contributed by atoms with Gasteiger partial charge in [-0.3, -0.25) is 11.3 Å². The highest BCUT2D eigenvalue weighted by molar-refractivity contribution is 5.22. The van der Waals surface area contributed by atoms with Gasteiger partial charge < -0.3 is 4.74 Å². The van der Waals surface area contributed by atoms with E-state index < -0.39 is 17.2 Å². The van der Waals surface area contributed by atoms with Crippen LogP contribution in [0.25, 0.3) is 0 Å². The zero-order valence-corrected chi connectivity index (χ0v) is 12.7. The minimum atomic E-state index is -0.537. The third-order valence-corrected chi connectivity index (χ3v) is 4.70. The normalized spacial score (nSPS) is 27.6. The van der Waals surface area contributed by atoms with Gasteiger partial charge in [0.05, 0.1) is 11.6 Å². The molecule has 0 aliphatic heterocycles. The Morgan fingerprint density at radius 3 is 2.62 bits per heavy atom. The summed E-state index contributed by atoms with van der Waals surface area (Å²) < 4.78 is 33.5. The van der Waals surface area contributed by atoms with Gasteiger partial charge in [0.25, 0.3) is 0 Å². The predicted octanol–water partition coefficient (Wildman–Crippen LogP) is 2.93. The van der Waals surface area contributed by atoms with Crippen LogP contribution in [0.15, 0.2) is 18.2 Å². The van der Waals surface area contributed by atoms with E-state index in [4.69, 9.17) is 10.6 Å². The first-order valence-electron chi connectivity index (χ1n) is 7.46. The van der Waals surface area contributed by atoms with E-state index in [0.29, 0.717) is 5.92 Å². The van der Waals surface area contributed by atoms with E-state index in [1.165, 1.54) is 18.2 Å². The fourth-order valence-electron chi connectivity index (χ4n) is 3.52. The maximum absolute atomic E-state index is 13.9. The van der Waals surface area contributed by atoms with Crippen molar-refractivity contribution in [2.45, 2.75) is 50.7 Å². The quantitative estimate of drug-likeness (QED) is 0.649. The highest BCUT2D eigenvalue weighted by Crippen LogP contribution is 2.38. The summed E-state index contributed by atoms with van der Waals surface area (Å²) in [5, 5.41) is 0. The maximum Gasteiger partial charge on any atom is 0.129 e. The first-order valence-corrected chi connectivity index (χ1v) is 7.46. The van der Waals surface area contributed by atoms with Crippen LogP contribution < -0.4 is 11.3 Å². The number of hydrogen-bond donors (Lipinski definition) is 2. The maximum atomic E-state index is 13.9. The van der Waals surface area contributed by atoms with Gasteiger partial charge >= 0.3 is 0 Å². The van der Waals surface area contributed by atoms with Crippen molar-refractivity contribution in [2.24, 2.45) is 11.8 Å². The Bertz CT molecular complexity index is 463. The van der Waals surface area contributed by atoms with Crippen LogP contribution >= 0.6 is 0 Å². The van der Waals surface area contributed by atoms with Crippen molar-refractivity contribution in [1.29, 1.82) is 0 Å². The van der Waals surface area contributed by atoms with E-state index in [1.807, 2.05) is 0 Å². The highest BCUT2D eigenvalue weighted by Gasteiger charge is 2.42. The summed E-state index contributed by atoms with van der Waals surface area (Å²) in [6.45, 7) is 2.17. The van der Waals surface area contributed by atoms with Crippen LogP contribution in [0.4, 0.5) is 8.78 Å². The van der Waals surface area contributed by atoms with E-state index in [9.17, 15) is 8.78 Å². The van der Waals surface area contributed by atoms with Crippen molar-refractivity contribution in [2.75, 3.05) is 7.11 Å². The Hall–Kier alpha value is -1.04. The SMILES string of the molecule is COC1(C(Cc2c(F)cccc2F)NN)CCCC(C)C1. The Kier molecular flexibility index (Phi) is 5.30. The van der Waals surface area contributed by atoms with E-state index in [0.717, 1.165) is 25.7 Å². The molecule has 1 saturated carbocycles. The molecule has 3 atom stereocenters. The number of halogens is 2. The first-order chi connectivity index (χ1) is 10.0. The highest BCUT2D eigenvalue weighted by atomic mass is 19.1. The topological polar surface area (TPSA) is 47.3 Å². The van der Waals surface area contributed by atoms with Crippen LogP contribution in [0, 0.1) is 17.6 Å². The molecule has 3 nitrogen and oxygen atoms in total. The van der Waals surface area contributed by atoms with Crippen LogP contribution in [0.5, 0.6) is 0 Å². The molecule has 0 spiro atoms. The van der Waals surface area contributed by atoms with Crippen LogP contribution in [0.3, 0.4) is 0 Å². The summed E-state index contributed by atoms with van der Waals surface area (Å²) in [5.74, 6) is 5.12. The predicted molar refractivity (Wildman–Crippen MR) is 78.5 cm³/mol. The van der Waals surface area contributed by atoms with Crippen LogP contribution in [-0.2, 0) is 11.2 Å². The van der Waals surface area contributed by atoms with Gasteiger partial charge in [-0.2, -0.15) is 0 Å². The average Bonchev–Trinajstić information content (AvgIpc) is 2.47. The number of benzene rings is 1. The number of methoxy groups -OCH3 is 1. The summed E-state index contributed by atoms with van der Waals surface area (Å²) in [4.78, 5) is 0. The summed E-state index contributed by atoms with van der Waals surface area (Å²) in [7, 11) is 1.65. The molecular weight excluding hydrogens is 274 g/mol. The van der Waals surface area contributed by atoms with Crippen molar-refractivity contribution in [3.05, 3.63) is 35.4 Å². The number of ether oxygens (including phenoxy) is 1. The van der Waals surface area contributed by atoms with Crippen molar-refractivity contribution in [3.8, 4) is 0 Å². The first kappa shape index (κ1) is 16.3. The zero-order valence-electron chi connectivity index (χ0n) is 12.7. The number of nitrogens with one attached hydrogen (secondary N) is 1. The zero-order chi connectivity index (χ0) is 15.5. The van der Waals surface area contributed by atoms with Crippen LogP contribution in [0.2, 0.25) is 0 Å². The van der Waals surface area contributed by atoms with Gasteiger partial charge in [-0.05, 0) is 37.3 Å². The molecule has 1 aromatic carbocycles. The molecule has 118 valence electrons. The minimum absolute atomic E-state index is 0.0649. The van der Waals surface area contributed by atoms with Gasteiger partial charge in [0, 0.05) is 12.7 Å². The average molecular weight is 298 g/mol. The molecule has 1 aliphatic rings. The van der Waals surface area contributed by atoms with Crippen molar-refractivity contribution in [1.82, 2.24) is 5.43 Å². The molecule has 0 aromatic heterocycles. The molecule has 0 heterocycles. The lowest BCUT2D eigenvalue weighted by Gasteiger charge is -2.44. The number of rotatable bonds is 5. The second kappa shape index (κ2) is 6.81. The lowest BCUT2D eigenvalue weighted by atomic mass is 9.73. The minimum Gasteiger partial charge on any atom is -0.377 e. The Morgan fingerprint density at radius 2 is 2.10 bits per heavy atom. The summed E-state index contributed by atoms with van der Waals surface area (Å²) >= 11 is 0. The number of hydrogen-bond acceptors (Lipinski definition) is 3. The van der Waals surface area contributed by atoms with Gasteiger partial charge in [-0.15, -0.1) is 0 Å². The summed E-state index contributed by atoms with van der Waals surface area (Å²) in [5.41, 5.74) is 2.32. The van der Waals surface area contributed by atoms with E-state index in [-0.39, 0.29) is 18.0 Å². The van der Waals surface area contributed by atoms with Gasteiger partial charge in [0.15, 0.2) is 0 Å². The molecule has 0 radical (unpaired) electrons. The second-order valence-corrected chi connectivity index (χ2v) is 6.09. The molecule has 5 heteroatoms.